The van der Waals surface area contributed by atoms with Gasteiger partial charge in [0.05, 0.1) is 39.6 Å². The van der Waals surface area contributed by atoms with Gasteiger partial charge in [0.1, 0.15) is 25.4 Å². The molecule has 2 saturated heterocycles. The summed E-state index contributed by atoms with van der Waals surface area (Å²) in [6.45, 7) is 12.2. The standard InChI is InChI=1S/C16H23NO5.C13H19NO3.C2H2Cl2O2/c1-3-19-14-7-5-6-8-15(14)22-12-13-11-17(9-10-21-13)16(18)20-4-2;1-2-15-12-5-3-4-6-13(12)17-10-11-9-14-7-8-16-11;3-1-6-2(4)5/h5-8,13H,3-4,9-12H2,1-2H3;3-6,11,14H,2,7-10H2,1H3;1H2. The molecule has 0 saturated carbocycles. The number of benzene rings is 2. The van der Waals surface area contributed by atoms with Crippen LogP contribution in [0.1, 0.15) is 20.8 Å². The van der Waals surface area contributed by atoms with Crippen LogP contribution in [0.3, 0.4) is 0 Å². The Hall–Kier alpha value is -3.16. The van der Waals surface area contributed by atoms with E-state index >= 15 is 0 Å². The lowest BCUT2D eigenvalue weighted by Gasteiger charge is -2.32. The first-order valence-corrected chi connectivity index (χ1v) is 15.8. The Morgan fingerprint density at radius 2 is 1.33 bits per heavy atom. The number of alkyl halides is 1. The number of para-hydroxylation sites is 4. The van der Waals surface area contributed by atoms with Crippen molar-refractivity contribution in [3.8, 4) is 23.0 Å². The zero-order valence-corrected chi connectivity index (χ0v) is 27.6. The minimum Gasteiger partial charge on any atom is -0.490 e. The topological polar surface area (TPSA) is 123 Å². The van der Waals surface area contributed by atoms with Gasteiger partial charge in [0, 0.05) is 31.2 Å². The summed E-state index contributed by atoms with van der Waals surface area (Å²) >= 11 is 9.50. The van der Waals surface area contributed by atoms with Crippen LogP contribution < -0.4 is 24.3 Å². The fourth-order valence-corrected chi connectivity index (χ4v) is 4.23. The summed E-state index contributed by atoms with van der Waals surface area (Å²) in [6, 6.07) is 15.1. The molecule has 2 atom stereocenters. The van der Waals surface area contributed by atoms with Crippen LogP contribution in [0.4, 0.5) is 9.59 Å². The third-order valence-corrected chi connectivity index (χ3v) is 6.20. The van der Waals surface area contributed by atoms with Crippen LogP contribution in [0.5, 0.6) is 23.0 Å². The number of hydrogen-bond donors (Lipinski definition) is 1. The monoisotopic (exact) mass is 674 g/mol. The summed E-state index contributed by atoms with van der Waals surface area (Å²) in [7, 11) is 0. The van der Waals surface area contributed by atoms with E-state index in [1.54, 1.807) is 11.8 Å². The molecule has 2 aromatic rings. The zero-order chi connectivity index (χ0) is 32.7. The highest BCUT2D eigenvalue weighted by Crippen LogP contribution is 2.27. The Labute approximate surface area is 275 Å². The van der Waals surface area contributed by atoms with Crippen molar-refractivity contribution >= 4 is 34.7 Å². The van der Waals surface area contributed by atoms with Crippen molar-refractivity contribution in [1.29, 1.82) is 0 Å². The number of ether oxygens (including phenoxy) is 8. The third kappa shape index (κ3) is 15.6. The molecule has 0 aromatic heterocycles. The number of carbonyl (C=O) groups is 2. The number of carbonyl (C=O) groups excluding carboxylic acids is 2. The van der Waals surface area contributed by atoms with Crippen LogP contribution in [0, 0.1) is 0 Å². The molecule has 4 rings (SSSR count). The summed E-state index contributed by atoms with van der Waals surface area (Å²) in [4.78, 5) is 22.9. The molecule has 2 unspecified atom stereocenters. The molecule has 0 spiro atoms. The van der Waals surface area contributed by atoms with E-state index in [-0.39, 0.29) is 24.4 Å². The first-order chi connectivity index (χ1) is 21.9. The van der Waals surface area contributed by atoms with Crippen molar-refractivity contribution in [3.63, 3.8) is 0 Å². The summed E-state index contributed by atoms with van der Waals surface area (Å²) in [5.74, 6) is 2.96. The summed E-state index contributed by atoms with van der Waals surface area (Å²) in [5.41, 5.74) is -0.870. The predicted octanol–water partition coefficient (Wildman–Crippen LogP) is 5.33. The highest BCUT2D eigenvalue weighted by atomic mass is 35.5. The van der Waals surface area contributed by atoms with E-state index in [1.165, 1.54) is 0 Å². The zero-order valence-electron chi connectivity index (χ0n) is 26.0. The molecule has 0 aliphatic carbocycles. The third-order valence-electron chi connectivity index (χ3n) is 5.98. The second kappa shape index (κ2) is 23.2. The Morgan fingerprint density at radius 3 is 1.78 bits per heavy atom. The van der Waals surface area contributed by atoms with Gasteiger partial charge in [0.15, 0.2) is 29.1 Å². The first-order valence-electron chi connectivity index (χ1n) is 14.8. The van der Waals surface area contributed by atoms with Gasteiger partial charge in [-0.15, -0.1) is 0 Å². The number of halogens is 2. The molecule has 2 fully saturated rings. The maximum absolute atomic E-state index is 11.7. The lowest BCUT2D eigenvalue weighted by atomic mass is 10.3. The van der Waals surface area contributed by atoms with Gasteiger partial charge in [-0.2, -0.15) is 0 Å². The minimum atomic E-state index is -0.870. The minimum absolute atomic E-state index is 0.124. The SMILES string of the molecule is CCOC(=O)N1CCOC(COc2ccccc2OCC)C1.CCOc1ccccc1OCC1CNCCO1.O=C(Cl)OCCl. The van der Waals surface area contributed by atoms with E-state index in [0.29, 0.717) is 64.2 Å². The molecule has 0 radical (unpaired) electrons. The van der Waals surface area contributed by atoms with Gasteiger partial charge in [-0.1, -0.05) is 35.9 Å². The number of hydrogen-bond acceptors (Lipinski definition) is 11. The van der Waals surface area contributed by atoms with E-state index in [9.17, 15) is 9.59 Å². The van der Waals surface area contributed by atoms with E-state index in [1.807, 2.05) is 62.4 Å². The summed E-state index contributed by atoms with van der Waals surface area (Å²) < 4.78 is 42.7. The van der Waals surface area contributed by atoms with Crippen LogP contribution in [0.15, 0.2) is 48.5 Å². The molecule has 0 bridgehead atoms. The van der Waals surface area contributed by atoms with Crippen molar-refractivity contribution in [2.45, 2.75) is 33.0 Å². The van der Waals surface area contributed by atoms with Gasteiger partial charge >= 0.3 is 11.5 Å². The van der Waals surface area contributed by atoms with Crippen LogP contribution in [0.2, 0.25) is 0 Å². The Kier molecular flexibility index (Phi) is 19.6. The highest BCUT2D eigenvalue weighted by molar-refractivity contribution is 6.61. The Morgan fingerprint density at radius 1 is 0.800 bits per heavy atom. The number of nitrogens with one attached hydrogen (secondary N) is 1. The maximum atomic E-state index is 11.7. The number of nitrogens with zero attached hydrogens (tertiary/aromatic N) is 1. The summed E-state index contributed by atoms with van der Waals surface area (Å²) in [5, 5.41) is 3.27. The molecule has 2 aliphatic heterocycles. The van der Waals surface area contributed by atoms with Crippen LogP contribution in [-0.4, -0.2) is 107 Å². The Bertz CT molecular complexity index is 1110. The van der Waals surface area contributed by atoms with Crippen molar-refractivity contribution in [1.82, 2.24) is 10.2 Å². The van der Waals surface area contributed by atoms with Crippen molar-refractivity contribution in [2.24, 2.45) is 0 Å². The molecule has 1 amide bonds. The molecule has 1 N–H and O–H groups in total. The normalized spacial score (nSPS) is 17.3. The average Bonchev–Trinajstić information content (AvgIpc) is 3.05. The maximum Gasteiger partial charge on any atom is 0.409 e. The lowest BCUT2D eigenvalue weighted by molar-refractivity contribution is -0.0450. The van der Waals surface area contributed by atoms with E-state index < -0.39 is 5.43 Å². The molecule has 14 heteroatoms. The fourth-order valence-electron chi connectivity index (χ4n) is 4.02. The van der Waals surface area contributed by atoms with Gasteiger partial charge in [-0.3, -0.25) is 0 Å². The smallest absolute Gasteiger partial charge is 0.409 e. The molecular weight excluding hydrogens is 631 g/mol. The number of amides is 1. The molecule has 252 valence electrons. The van der Waals surface area contributed by atoms with E-state index in [0.717, 1.165) is 31.2 Å². The quantitative estimate of drug-likeness (QED) is 0.232. The fraction of sp³-hybridized carbons (Fsp3) is 0.548. The number of rotatable bonds is 12. The van der Waals surface area contributed by atoms with Gasteiger partial charge in [-0.25, -0.2) is 9.59 Å². The Balaban J connectivity index is 0.000000272. The van der Waals surface area contributed by atoms with Gasteiger partial charge < -0.3 is 48.1 Å². The van der Waals surface area contributed by atoms with Crippen LogP contribution >= 0.6 is 23.2 Å². The second-order valence-corrected chi connectivity index (χ2v) is 9.73. The average molecular weight is 676 g/mol. The molecule has 2 aliphatic rings. The van der Waals surface area contributed by atoms with Crippen LogP contribution in [0.25, 0.3) is 0 Å². The first kappa shape index (κ1) is 38.0. The molecular formula is C31H44Cl2N2O10. The highest BCUT2D eigenvalue weighted by Gasteiger charge is 2.26. The molecule has 2 heterocycles. The largest absolute Gasteiger partial charge is 0.490 e. The number of morpholine rings is 2. The molecule has 45 heavy (non-hydrogen) atoms. The second-order valence-electron chi connectivity index (χ2n) is 9.21. The van der Waals surface area contributed by atoms with Crippen molar-refractivity contribution in [3.05, 3.63) is 48.5 Å². The van der Waals surface area contributed by atoms with Gasteiger partial charge in [0.25, 0.3) is 0 Å². The predicted molar refractivity (Wildman–Crippen MR) is 170 cm³/mol. The van der Waals surface area contributed by atoms with Crippen molar-refractivity contribution in [2.75, 3.05) is 78.5 Å². The molecule has 2 aromatic carbocycles. The lowest BCUT2D eigenvalue weighted by Crippen LogP contribution is -2.47. The van der Waals surface area contributed by atoms with Gasteiger partial charge in [-0.05, 0) is 45.0 Å². The van der Waals surface area contributed by atoms with Crippen molar-refractivity contribution < 1.29 is 47.5 Å². The summed E-state index contributed by atoms with van der Waals surface area (Å²) in [6.07, 6.45) is -0.350. The molecule has 12 nitrogen and oxygen atoms in total. The van der Waals surface area contributed by atoms with Crippen LogP contribution in [-0.2, 0) is 18.9 Å². The van der Waals surface area contributed by atoms with E-state index in [4.69, 9.17) is 44.8 Å². The van der Waals surface area contributed by atoms with Gasteiger partial charge in [0.2, 0.25) is 0 Å². The van der Waals surface area contributed by atoms with E-state index in [2.05, 4.69) is 21.7 Å².